The van der Waals surface area contributed by atoms with Crippen molar-refractivity contribution in [3.05, 3.63) is 40.2 Å². The molecule has 0 saturated carbocycles. The number of nitrogens with one attached hydrogen (secondary N) is 1. The Labute approximate surface area is 171 Å². The summed E-state index contributed by atoms with van der Waals surface area (Å²) in [5.74, 6) is 1.44. The molecule has 1 amide bonds. The number of aromatic nitrogens is 2. The van der Waals surface area contributed by atoms with Gasteiger partial charge in [0.1, 0.15) is 13.2 Å². The lowest BCUT2D eigenvalue weighted by Gasteiger charge is -2.26. The molecule has 1 aromatic heterocycles. The van der Waals surface area contributed by atoms with Crippen LogP contribution in [0.4, 0.5) is 0 Å². The maximum atomic E-state index is 12.9. The van der Waals surface area contributed by atoms with E-state index in [1.807, 2.05) is 39.0 Å². The third kappa shape index (κ3) is 4.27. The molecule has 0 spiro atoms. The van der Waals surface area contributed by atoms with Gasteiger partial charge in [-0.05, 0) is 37.5 Å². The highest BCUT2D eigenvalue weighted by atomic mass is 35.5. The number of hydrogen-bond acceptors (Lipinski definition) is 4. The van der Waals surface area contributed by atoms with E-state index in [2.05, 4.69) is 24.3 Å². The van der Waals surface area contributed by atoms with Crippen LogP contribution >= 0.6 is 11.6 Å². The molecule has 1 N–H and O–H groups in total. The molecule has 0 aliphatic carbocycles. The summed E-state index contributed by atoms with van der Waals surface area (Å²) in [5, 5.41) is 8.27. The highest BCUT2D eigenvalue weighted by Gasteiger charge is 2.24. The number of rotatable bonds is 6. The van der Waals surface area contributed by atoms with Gasteiger partial charge in [0.15, 0.2) is 11.5 Å². The normalized spacial score (nSPS) is 15.4. The number of benzene rings is 1. The minimum absolute atomic E-state index is 0.0164. The lowest BCUT2D eigenvalue weighted by molar-refractivity contribution is -0.126. The van der Waals surface area contributed by atoms with Crippen LogP contribution in [0.2, 0.25) is 5.02 Å². The van der Waals surface area contributed by atoms with Gasteiger partial charge in [-0.1, -0.05) is 38.4 Å². The van der Waals surface area contributed by atoms with E-state index in [1.165, 1.54) is 0 Å². The molecule has 28 heavy (non-hydrogen) atoms. The fraction of sp³-hybridized carbons (Fsp3) is 0.524. The van der Waals surface area contributed by atoms with Crippen molar-refractivity contribution in [3.63, 3.8) is 0 Å². The van der Waals surface area contributed by atoms with Crippen LogP contribution in [0.5, 0.6) is 11.5 Å². The SMILES string of the molecule is Cc1nn(C[C@H](C)C(=O)N[C@@H](c2ccc3c(c2)OCCO3)C(C)C)c(C)c1Cl. The molecule has 152 valence electrons. The van der Waals surface area contributed by atoms with Gasteiger partial charge in [0.2, 0.25) is 5.91 Å². The molecule has 1 aliphatic heterocycles. The second kappa shape index (κ2) is 8.43. The summed E-state index contributed by atoms with van der Waals surface area (Å²) in [6.07, 6.45) is 0. The molecular formula is C21H28ClN3O3. The summed E-state index contributed by atoms with van der Waals surface area (Å²) < 4.78 is 13.1. The molecule has 0 fully saturated rings. The Balaban J connectivity index is 1.73. The molecule has 1 aliphatic rings. The first-order valence-electron chi connectivity index (χ1n) is 9.67. The van der Waals surface area contributed by atoms with Crippen LogP contribution in [-0.2, 0) is 11.3 Å². The van der Waals surface area contributed by atoms with E-state index in [0.29, 0.717) is 24.8 Å². The number of amides is 1. The van der Waals surface area contributed by atoms with Crippen LogP contribution < -0.4 is 14.8 Å². The number of carbonyl (C=O) groups is 1. The molecule has 1 aromatic carbocycles. The molecule has 6 nitrogen and oxygen atoms in total. The summed E-state index contributed by atoms with van der Waals surface area (Å²) >= 11 is 6.22. The topological polar surface area (TPSA) is 65.4 Å². The zero-order valence-electron chi connectivity index (χ0n) is 17.1. The van der Waals surface area contributed by atoms with Crippen molar-refractivity contribution in [2.24, 2.45) is 11.8 Å². The predicted octanol–water partition coefficient (Wildman–Crippen LogP) is 4.07. The first kappa shape index (κ1) is 20.5. The van der Waals surface area contributed by atoms with E-state index in [9.17, 15) is 4.79 Å². The second-order valence-electron chi connectivity index (χ2n) is 7.70. The molecule has 0 radical (unpaired) electrons. The van der Waals surface area contributed by atoms with Gasteiger partial charge >= 0.3 is 0 Å². The fourth-order valence-electron chi connectivity index (χ4n) is 3.38. The molecule has 0 bridgehead atoms. The van der Waals surface area contributed by atoms with E-state index in [1.54, 1.807) is 4.68 Å². The Morgan fingerprint density at radius 1 is 1.21 bits per heavy atom. The number of ether oxygens (including phenoxy) is 2. The van der Waals surface area contributed by atoms with Gasteiger partial charge in [0, 0.05) is 0 Å². The summed E-state index contributed by atoms with van der Waals surface area (Å²) in [7, 11) is 0. The zero-order chi connectivity index (χ0) is 20.4. The largest absolute Gasteiger partial charge is 0.486 e. The number of carbonyl (C=O) groups excluding carboxylic acids is 1. The van der Waals surface area contributed by atoms with Crippen molar-refractivity contribution in [2.75, 3.05) is 13.2 Å². The van der Waals surface area contributed by atoms with Crippen molar-refractivity contribution in [1.29, 1.82) is 0 Å². The molecule has 7 heteroatoms. The molecule has 2 aromatic rings. The third-order valence-corrected chi connectivity index (χ3v) is 5.62. The Morgan fingerprint density at radius 2 is 1.89 bits per heavy atom. The van der Waals surface area contributed by atoms with Gasteiger partial charge in [0.25, 0.3) is 0 Å². The number of hydrogen-bond donors (Lipinski definition) is 1. The van der Waals surface area contributed by atoms with Crippen molar-refractivity contribution in [3.8, 4) is 11.5 Å². The van der Waals surface area contributed by atoms with Crippen LogP contribution in [0.1, 0.15) is 43.8 Å². The van der Waals surface area contributed by atoms with E-state index >= 15 is 0 Å². The maximum Gasteiger partial charge on any atom is 0.225 e. The highest BCUT2D eigenvalue weighted by Crippen LogP contribution is 2.34. The molecular weight excluding hydrogens is 378 g/mol. The predicted molar refractivity (Wildman–Crippen MR) is 109 cm³/mol. The van der Waals surface area contributed by atoms with Crippen molar-refractivity contribution in [2.45, 2.75) is 47.2 Å². The van der Waals surface area contributed by atoms with Crippen molar-refractivity contribution in [1.82, 2.24) is 15.1 Å². The Bertz CT molecular complexity index is 863. The average molecular weight is 406 g/mol. The molecule has 0 unspecified atom stereocenters. The second-order valence-corrected chi connectivity index (χ2v) is 8.08. The minimum atomic E-state index is -0.243. The lowest BCUT2D eigenvalue weighted by atomic mass is 9.94. The summed E-state index contributed by atoms with van der Waals surface area (Å²) in [6, 6.07) is 5.75. The van der Waals surface area contributed by atoms with E-state index in [4.69, 9.17) is 21.1 Å². The van der Waals surface area contributed by atoms with Crippen LogP contribution in [0.3, 0.4) is 0 Å². The van der Waals surface area contributed by atoms with E-state index in [0.717, 1.165) is 28.5 Å². The third-order valence-electron chi connectivity index (χ3n) is 5.08. The van der Waals surface area contributed by atoms with Crippen molar-refractivity contribution >= 4 is 17.5 Å². The van der Waals surface area contributed by atoms with E-state index < -0.39 is 0 Å². The van der Waals surface area contributed by atoms with Gasteiger partial charge in [-0.25, -0.2) is 0 Å². The minimum Gasteiger partial charge on any atom is -0.486 e. The smallest absolute Gasteiger partial charge is 0.225 e. The van der Waals surface area contributed by atoms with Crippen LogP contribution in [0.25, 0.3) is 0 Å². The van der Waals surface area contributed by atoms with Crippen molar-refractivity contribution < 1.29 is 14.3 Å². The van der Waals surface area contributed by atoms with Gasteiger partial charge in [-0.3, -0.25) is 9.48 Å². The van der Waals surface area contributed by atoms with Gasteiger partial charge < -0.3 is 14.8 Å². The number of aryl methyl sites for hydroxylation is 1. The van der Waals surface area contributed by atoms with Crippen LogP contribution in [-0.4, -0.2) is 28.9 Å². The van der Waals surface area contributed by atoms with Crippen LogP contribution in [0, 0.1) is 25.7 Å². The highest BCUT2D eigenvalue weighted by molar-refractivity contribution is 6.31. The number of halogens is 1. The van der Waals surface area contributed by atoms with Gasteiger partial charge in [0.05, 0.1) is 34.9 Å². The number of nitrogens with zero attached hydrogens (tertiary/aromatic N) is 2. The Morgan fingerprint density at radius 3 is 2.50 bits per heavy atom. The molecule has 0 saturated heterocycles. The van der Waals surface area contributed by atoms with E-state index in [-0.39, 0.29) is 23.8 Å². The maximum absolute atomic E-state index is 12.9. The monoisotopic (exact) mass is 405 g/mol. The lowest BCUT2D eigenvalue weighted by Crippen LogP contribution is -2.37. The summed E-state index contributed by atoms with van der Waals surface area (Å²) in [6.45, 7) is 11.5. The Kier molecular flexibility index (Phi) is 6.18. The first-order chi connectivity index (χ1) is 13.3. The first-order valence-corrected chi connectivity index (χ1v) is 10.0. The zero-order valence-corrected chi connectivity index (χ0v) is 17.8. The standard InChI is InChI=1S/C21H28ClN3O3/c1-12(2)20(16-6-7-17-18(10-16)28-9-8-27-17)23-21(26)13(3)11-25-15(5)19(22)14(4)24-25/h6-7,10,12-13,20H,8-9,11H2,1-5H3,(H,23,26)/t13-,20+/m0/s1. The fourth-order valence-corrected chi connectivity index (χ4v) is 3.51. The van der Waals surface area contributed by atoms with Crippen LogP contribution in [0.15, 0.2) is 18.2 Å². The Hall–Kier alpha value is -2.21. The summed E-state index contributed by atoms with van der Waals surface area (Å²) in [5.41, 5.74) is 2.67. The van der Waals surface area contributed by atoms with Gasteiger partial charge in [-0.2, -0.15) is 5.10 Å². The van der Waals surface area contributed by atoms with Gasteiger partial charge in [-0.15, -0.1) is 0 Å². The summed E-state index contributed by atoms with van der Waals surface area (Å²) in [4.78, 5) is 12.9. The quantitative estimate of drug-likeness (QED) is 0.786. The molecule has 2 atom stereocenters. The average Bonchev–Trinajstić information content (AvgIpc) is 2.91. The number of fused-ring (bicyclic) bond motifs is 1. The molecule has 2 heterocycles. The molecule has 3 rings (SSSR count).